The van der Waals surface area contributed by atoms with E-state index in [1.165, 1.54) is 6.08 Å². The maximum Gasteiger partial charge on any atom is 0.425 e. The Balaban J connectivity index is 1.96. The predicted octanol–water partition coefficient (Wildman–Crippen LogP) is 8.31. The molecule has 0 aromatic carbocycles. The number of hydrogen-bond acceptors (Lipinski definition) is 4. The molecule has 0 saturated carbocycles. The van der Waals surface area contributed by atoms with Crippen molar-refractivity contribution in [3.63, 3.8) is 0 Å². The molecule has 2 aromatic rings. The molecule has 0 saturated heterocycles. The highest BCUT2D eigenvalue weighted by Gasteiger charge is 2.37. The summed E-state index contributed by atoms with van der Waals surface area (Å²) in [6.45, 7) is 18.6. The number of fused-ring (bicyclic) bond motifs is 1. The molecule has 180 valence electrons. The van der Waals surface area contributed by atoms with Gasteiger partial charge in [-0.05, 0) is 60.4 Å². The third kappa shape index (κ3) is 5.00. The zero-order chi connectivity index (χ0) is 25.4. The largest absolute Gasteiger partial charge is 0.425 e. The highest BCUT2D eigenvalue weighted by molar-refractivity contribution is 7.16. The van der Waals surface area contributed by atoms with E-state index in [1.54, 1.807) is 0 Å². The predicted molar refractivity (Wildman–Crippen MR) is 133 cm³/mol. The van der Waals surface area contributed by atoms with Crippen molar-refractivity contribution in [1.29, 1.82) is 0 Å². The van der Waals surface area contributed by atoms with E-state index in [9.17, 15) is 22.4 Å². The number of hydrogen-bond donors (Lipinski definition) is 1. The Hall–Kier alpha value is -2.78. The third-order valence-electron chi connectivity index (χ3n) is 5.49. The molecule has 0 radical (unpaired) electrons. The molecule has 2 aromatic heterocycles. The SMILES string of the molecule is C=C/C(F)=C\C(=C)C(=C)c1sc(C(=O)N[C@H]2CCc3sc(C(F)(F)F)cc32)c(C(C)C)c1N=C. The lowest BCUT2D eigenvalue weighted by Gasteiger charge is -2.14. The zero-order valence-electron chi connectivity index (χ0n) is 18.8. The van der Waals surface area contributed by atoms with Crippen LogP contribution in [0.5, 0.6) is 0 Å². The Morgan fingerprint density at radius 3 is 2.50 bits per heavy atom. The van der Waals surface area contributed by atoms with Crippen molar-refractivity contribution in [2.75, 3.05) is 0 Å². The van der Waals surface area contributed by atoms with E-state index in [-0.39, 0.29) is 5.92 Å². The van der Waals surface area contributed by atoms with Crippen LogP contribution in [0.25, 0.3) is 5.57 Å². The monoisotopic (exact) mass is 508 g/mol. The Bertz CT molecular complexity index is 1210. The summed E-state index contributed by atoms with van der Waals surface area (Å²) >= 11 is 1.86. The van der Waals surface area contributed by atoms with Crippen LogP contribution < -0.4 is 5.32 Å². The summed E-state index contributed by atoms with van der Waals surface area (Å²) < 4.78 is 53.1. The van der Waals surface area contributed by atoms with Crippen molar-refractivity contribution < 1.29 is 22.4 Å². The van der Waals surface area contributed by atoms with Gasteiger partial charge in [0.15, 0.2) is 0 Å². The van der Waals surface area contributed by atoms with Crippen molar-refractivity contribution >= 4 is 46.6 Å². The van der Waals surface area contributed by atoms with E-state index in [0.717, 1.165) is 34.8 Å². The second-order valence-electron chi connectivity index (χ2n) is 8.12. The number of carbonyl (C=O) groups is 1. The molecule has 3 nitrogen and oxygen atoms in total. The van der Waals surface area contributed by atoms with Crippen LogP contribution in [0.3, 0.4) is 0 Å². The Labute approximate surface area is 203 Å². The van der Waals surface area contributed by atoms with Crippen molar-refractivity contribution in [3.05, 3.63) is 80.0 Å². The lowest BCUT2D eigenvalue weighted by Crippen LogP contribution is -2.27. The number of aliphatic imine (C=N–C) groups is 1. The molecular weight excluding hydrogens is 484 g/mol. The molecule has 34 heavy (non-hydrogen) atoms. The van der Waals surface area contributed by atoms with Gasteiger partial charge in [-0.3, -0.25) is 9.79 Å². The molecule has 3 rings (SSSR count). The van der Waals surface area contributed by atoms with Crippen LogP contribution in [0.15, 0.2) is 54.3 Å². The van der Waals surface area contributed by atoms with Crippen molar-refractivity contribution in [2.24, 2.45) is 4.99 Å². The summed E-state index contributed by atoms with van der Waals surface area (Å²) in [7, 11) is 0. The molecule has 1 aliphatic rings. The first-order valence-electron chi connectivity index (χ1n) is 10.4. The molecule has 2 heterocycles. The van der Waals surface area contributed by atoms with Gasteiger partial charge in [0.1, 0.15) is 10.7 Å². The minimum absolute atomic E-state index is 0.107. The number of alkyl halides is 3. The number of nitrogens with one attached hydrogen (secondary N) is 1. The molecule has 1 amide bonds. The first kappa shape index (κ1) is 25.8. The van der Waals surface area contributed by atoms with Gasteiger partial charge in [-0.25, -0.2) is 4.39 Å². The van der Waals surface area contributed by atoms with Crippen LogP contribution in [-0.2, 0) is 12.6 Å². The van der Waals surface area contributed by atoms with Gasteiger partial charge in [0.2, 0.25) is 0 Å². The number of nitrogens with zero attached hydrogens (tertiary/aromatic N) is 1. The number of thiophene rings is 2. The van der Waals surface area contributed by atoms with E-state index in [1.807, 2.05) is 13.8 Å². The lowest BCUT2D eigenvalue weighted by molar-refractivity contribution is -0.134. The van der Waals surface area contributed by atoms with Crippen LogP contribution >= 0.6 is 22.7 Å². The van der Waals surface area contributed by atoms with E-state index >= 15 is 0 Å². The van der Waals surface area contributed by atoms with Gasteiger partial charge in [0.05, 0.1) is 21.5 Å². The second-order valence-corrected chi connectivity index (χ2v) is 10.3. The summed E-state index contributed by atoms with van der Waals surface area (Å²) in [4.78, 5) is 18.3. The Kier molecular flexibility index (Phi) is 7.47. The maximum atomic E-state index is 13.7. The average molecular weight is 509 g/mol. The molecule has 0 spiro atoms. The number of rotatable bonds is 8. The topological polar surface area (TPSA) is 41.5 Å². The van der Waals surface area contributed by atoms with Crippen molar-refractivity contribution in [1.82, 2.24) is 5.32 Å². The molecular formula is C25H24F4N2OS2. The van der Waals surface area contributed by atoms with E-state index in [0.29, 0.717) is 55.4 Å². The third-order valence-corrected chi connectivity index (χ3v) is 8.00. The number of carbonyl (C=O) groups excluding carboxylic acids is 1. The average Bonchev–Trinajstić information content (AvgIpc) is 3.45. The molecule has 1 atom stereocenters. The smallest absolute Gasteiger partial charge is 0.344 e. The van der Waals surface area contributed by atoms with Gasteiger partial charge in [-0.1, -0.05) is 33.6 Å². The summed E-state index contributed by atoms with van der Waals surface area (Å²) in [6.07, 6.45) is -1.18. The molecule has 0 bridgehead atoms. The van der Waals surface area contributed by atoms with Crippen LogP contribution in [0.4, 0.5) is 23.2 Å². The standard InChI is InChI=1S/C25H24F4N2OS2/c1-7-15(26)10-13(4)14(5)22-21(30-6)20(12(2)3)23(34-22)24(32)31-17-8-9-18-16(17)11-19(33-18)25(27,28)29/h7,10-12,17H,1,4-6,8-9H2,2-3H3,(H,31,32)/b15-10+/t17-/m0/s1. The normalized spacial score (nSPS) is 15.9. The van der Waals surface area contributed by atoms with E-state index in [2.05, 4.69) is 36.8 Å². The highest BCUT2D eigenvalue weighted by atomic mass is 32.1. The highest BCUT2D eigenvalue weighted by Crippen LogP contribution is 2.46. The number of halogens is 4. The maximum absolute atomic E-state index is 13.7. The van der Waals surface area contributed by atoms with Gasteiger partial charge in [-0.2, -0.15) is 13.2 Å². The van der Waals surface area contributed by atoms with Crippen LogP contribution in [0.1, 0.15) is 67.7 Å². The van der Waals surface area contributed by atoms with Gasteiger partial charge in [0, 0.05) is 10.4 Å². The molecule has 1 aliphatic carbocycles. The van der Waals surface area contributed by atoms with Crippen molar-refractivity contribution in [2.45, 2.75) is 44.8 Å². The Morgan fingerprint density at radius 2 is 1.94 bits per heavy atom. The van der Waals surface area contributed by atoms with E-state index < -0.39 is 28.8 Å². The zero-order valence-corrected chi connectivity index (χ0v) is 20.4. The Morgan fingerprint density at radius 1 is 1.26 bits per heavy atom. The molecule has 0 fully saturated rings. The number of amides is 1. The minimum Gasteiger partial charge on any atom is -0.344 e. The fourth-order valence-electron chi connectivity index (χ4n) is 3.84. The van der Waals surface area contributed by atoms with Crippen LogP contribution in [-0.4, -0.2) is 12.6 Å². The summed E-state index contributed by atoms with van der Waals surface area (Å²) in [5, 5.41) is 2.90. The summed E-state index contributed by atoms with van der Waals surface area (Å²) in [5.41, 5.74) is 2.31. The van der Waals surface area contributed by atoms with Gasteiger partial charge in [0.25, 0.3) is 5.91 Å². The van der Waals surface area contributed by atoms with Crippen molar-refractivity contribution in [3.8, 4) is 0 Å². The minimum atomic E-state index is -4.41. The van der Waals surface area contributed by atoms with Gasteiger partial charge >= 0.3 is 6.18 Å². The summed E-state index contributed by atoms with van der Waals surface area (Å²) in [5.74, 6) is -1.09. The quantitative estimate of drug-likeness (QED) is 0.217. The molecule has 1 N–H and O–H groups in total. The number of allylic oxidation sites excluding steroid dienone is 5. The molecule has 9 heteroatoms. The second kappa shape index (κ2) is 9.84. The first-order chi connectivity index (χ1) is 15.9. The number of aryl methyl sites for hydroxylation is 1. The first-order valence-corrected chi connectivity index (χ1v) is 12.0. The fraction of sp³-hybridized carbons (Fsp3) is 0.280. The van der Waals surface area contributed by atoms with Crippen LogP contribution in [0, 0.1) is 0 Å². The molecule has 0 aliphatic heterocycles. The van der Waals surface area contributed by atoms with Crippen LogP contribution in [0.2, 0.25) is 0 Å². The molecule has 0 unspecified atom stereocenters. The summed E-state index contributed by atoms with van der Waals surface area (Å²) in [6, 6.07) is 0.618. The van der Waals surface area contributed by atoms with Gasteiger partial charge in [-0.15, -0.1) is 22.7 Å². The fourth-order valence-corrected chi connectivity index (χ4v) is 6.27. The van der Waals surface area contributed by atoms with Gasteiger partial charge < -0.3 is 5.32 Å². The lowest BCUT2D eigenvalue weighted by atomic mass is 9.98. The van der Waals surface area contributed by atoms with E-state index in [4.69, 9.17) is 0 Å².